The van der Waals surface area contributed by atoms with Gasteiger partial charge < -0.3 is 5.32 Å². The smallest absolute Gasteiger partial charge is 0.0566 e. The molecule has 1 N–H and O–H groups in total. The third-order valence-electron chi connectivity index (χ3n) is 1.18. The minimum atomic E-state index is 0.973. The fraction of sp³-hybridized carbons (Fsp3) is 0.125. The first-order chi connectivity index (χ1) is 4.83. The summed E-state index contributed by atoms with van der Waals surface area (Å²) < 4.78 is 0. The second-order valence-electron chi connectivity index (χ2n) is 2.04. The molecule has 10 heavy (non-hydrogen) atoms. The van der Waals surface area contributed by atoms with Gasteiger partial charge in [-0.2, -0.15) is 0 Å². The number of rotatable bonds is 2. The molecule has 0 saturated heterocycles. The topological polar surface area (TPSA) is 24.9 Å². The first-order valence-corrected chi connectivity index (χ1v) is 3.13. The van der Waals surface area contributed by atoms with Crippen LogP contribution in [0.4, 0.5) is 5.69 Å². The van der Waals surface area contributed by atoms with Crippen LogP contribution in [-0.2, 0) is 0 Å². The van der Waals surface area contributed by atoms with Crippen molar-refractivity contribution in [1.29, 1.82) is 0 Å². The molecule has 2 nitrogen and oxygen atoms in total. The quantitative estimate of drug-likeness (QED) is 0.668. The first kappa shape index (κ1) is 6.81. The third kappa shape index (κ3) is 1.58. The maximum Gasteiger partial charge on any atom is 0.0566 e. The summed E-state index contributed by atoms with van der Waals surface area (Å²) in [5.74, 6) is 0. The van der Waals surface area contributed by atoms with Gasteiger partial charge in [0.2, 0.25) is 0 Å². The summed E-state index contributed by atoms with van der Waals surface area (Å²) in [7, 11) is 0. The third-order valence-corrected chi connectivity index (χ3v) is 1.18. The molecule has 0 atom stereocenters. The maximum absolute atomic E-state index is 4.09. The van der Waals surface area contributed by atoms with Crippen molar-refractivity contribution < 1.29 is 0 Å². The molecule has 1 aromatic heterocycles. The molecule has 0 radical (unpaired) electrons. The van der Waals surface area contributed by atoms with Crippen molar-refractivity contribution >= 4 is 5.69 Å². The van der Waals surface area contributed by atoms with E-state index in [9.17, 15) is 0 Å². The van der Waals surface area contributed by atoms with Crippen LogP contribution < -0.4 is 5.32 Å². The molecule has 1 heterocycles. The zero-order valence-corrected chi connectivity index (χ0v) is 5.96. The van der Waals surface area contributed by atoms with Crippen molar-refractivity contribution in [3.63, 3.8) is 0 Å². The predicted octanol–water partition coefficient (Wildman–Crippen LogP) is 1.95. The van der Waals surface area contributed by atoms with Gasteiger partial charge in [0.25, 0.3) is 0 Å². The Bertz CT molecular complexity index is 213. The van der Waals surface area contributed by atoms with Gasteiger partial charge in [-0.05, 0) is 25.3 Å². The van der Waals surface area contributed by atoms with Crippen LogP contribution >= 0.6 is 0 Å². The van der Waals surface area contributed by atoms with E-state index in [0.29, 0.717) is 0 Å². The standard InChI is InChI=1S/C8H10N2/c1-3-9-8-5-4-7(2)10-6-8/h3-6,9H,1H2,2H3. The van der Waals surface area contributed by atoms with Crippen LogP contribution in [0.15, 0.2) is 31.1 Å². The SMILES string of the molecule is C=CNc1ccc(C)nc1. The van der Waals surface area contributed by atoms with E-state index in [-0.39, 0.29) is 0 Å². The van der Waals surface area contributed by atoms with Crippen LogP contribution in [0, 0.1) is 6.92 Å². The van der Waals surface area contributed by atoms with E-state index in [1.54, 1.807) is 12.4 Å². The highest BCUT2D eigenvalue weighted by Gasteiger charge is 1.86. The van der Waals surface area contributed by atoms with E-state index in [1.165, 1.54) is 0 Å². The summed E-state index contributed by atoms with van der Waals surface area (Å²) in [6, 6.07) is 3.91. The fourth-order valence-electron chi connectivity index (χ4n) is 0.671. The molecule has 52 valence electrons. The molecular formula is C8H10N2. The Balaban J connectivity index is 2.78. The molecule has 0 spiro atoms. The lowest BCUT2D eigenvalue weighted by Gasteiger charge is -1.97. The van der Waals surface area contributed by atoms with Crippen molar-refractivity contribution in [2.75, 3.05) is 5.32 Å². The lowest BCUT2D eigenvalue weighted by atomic mass is 10.3. The number of nitrogens with one attached hydrogen (secondary N) is 1. The van der Waals surface area contributed by atoms with E-state index >= 15 is 0 Å². The van der Waals surface area contributed by atoms with Gasteiger partial charge in [0.05, 0.1) is 11.9 Å². The van der Waals surface area contributed by atoms with Crippen LogP contribution in [0.3, 0.4) is 0 Å². The molecule has 0 aromatic carbocycles. The number of anilines is 1. The normalized spacial score (nSPS) is 8.90. The zero-order chi connectivity index (χ0) is 7.40. The number of nitrogens with zero attached hydrogens (tertiary/aromatic N) is 1. The molecule has 0 aliphatic rings. The summed E-state index contributed by atoms with van der Waals surface area (Å²) in [6.07, 6.45) is 3.41. The number of hydrogen-bond donors (Lipinski definition) is 1. The summed E-state index contributed by atoms with van der Waals surface area (Å²) in [5, 5.41) is 2.94. The Hall–Kier alpha value is -1.31. The monoisotopic (exact) mass is 134 g/mol. The zero-order valence-electron chi connectivity index (χ0n) is 5.96. The van der Waals surface area contributed by atoms with E-state index in [1.807, 2.05) is 19.1 Å². The highest BCUT2D eigenvalue weighted by atomic mass is 14.9. The van der Waals surface area contributed by atoms with Gasteiger partial charge in [-0.3, -0.25) is 4.98 Å². The molecule has 0 aliphatic heterocycles. The van der Waals surface area contributed by atoms with Gasteiger partial charge in [-0.1, -0.05) is 6.58 Å². The second-order valence-corrected chi connectivity index (χ2v) is 2.04. The molecule has 0 saturated carbocycles. The van der Waals surface area contributed by atoms with E-state index in [4.69, 9.17) is 0 Å². The lowest BCUT2D eigenvalue weighted by Crippen LogP contribution is -1.87. The Morgan fingerprint density at radius 3 is 2.90 bits per heavy atom. The van der Waals surface area contributed by atoms with Crippen molar-refractivity contribution in [1.82, 2.24) is 4.98 Å². The van der Waals surface area contributed by atoms with Gasteiger partial charge in [0.15, 0.2) is 0 Å². The summed E-state index contributed by atoms with van der Waals surface area (Å²) in [4.78, 5) is 4.09. The van der Waals surface area contributed by atoms with E-state index < -0.39 is 0 Å². The van der Waals surface area contributed by atoms with Crippen molar-refractivity contribution in [3.8, 4) is 0 Å². The van der Waals surface area contributed by atoms with Gasteiger partial charge in [-0.25, -0.2) is 0 Å². The van der Waals surface area contributed by atoms with Crippen molar-refractivity contribution in [3.05, 3.63) is 36.8 Å². The van der Waals surface area contributed by atoms with Crippen LogP contribution in [0.5, 0.6) is 0 Å². The molecular weight excluding hydrogens is 124 g/mol. The summed E-state index contributed by atoms with van der Waals surface area (Å²) >= 11 is 0. The summed E-state index contributed by atoms with van der Waals surface area (Å²) in [6.45, 7) is 5.50. The Labute approximate surface area is 60.6 Å². The minimum Gasteiger partial charge on any atom is -0.361 e. The molecule has 1 rings (SSSR count). The minimum absolute atomic E-state index is 0.973. The number of hydrogen-bond acceptors (Lipinski definition) is 2. The van der Waals surface area contributed by atoms with Gasteiger partial charge in [-0.15, -0.1) is 0 Å². The van der Waals surface area contributed by atoms with E-state index in [2.05, 4.69) is 16.9 Å². The number of aromatic nitrogens is 1. The average molecular weight is 134 g/mol. The van der Waals surface area contributed by atoms with E-state index in [0.717, 1.165) is 11.4 Å². The first-order valence-electron chi connectivity index (χ1n) is 3.13. The molecule has 0 unspecified atom stereocenters. The molecule has 0 aliphatic carbocycles. The number of aryl methyl sites for hydroxylation is 1. The van der Waals surface area contributed by atoms with Gasteiger partial charge in [0.1, 0.15) is 0 Å². The Kier molecular flexibility index (Phi) is 2.05. The van der Waals surface area contributed by atoms with Gasteiger partial charge in [0, 0.05) is 5.69 Å². The number of pyridine rings is 1. The molecule has 0 bridgehead atoms. The Morgan fingerprint density at radius 2 is 2.40 bits per heavy atom. The summed E-state index contributed by atoms with van der Waals surface area (Å²) in [5.41, 5.74) is 2.00. The van der Waals surface area contributed by atoms with Crippen LogP contribution in [0.1, 0.15) is 5.69 Å². The fourth-order valence-corrected chi connectivity index (χ4v) is 0.671. The Morgan fingerprint density at radius 1 is 1.60 bits per heavy atom. The largest absolute Gasteiger partial charge is 0.361 e. The lowest BCUT2D eigenvalue weighted by molar-refractivity contribution is 1.20. The van der Waals surface area contributed by atoms with Crippen molar-refractivity contribution in [2.45, 2.75) is 6.92 Å². The van der Waals surface area contributed by atoms with Crippen LogP contribution in [0.2, 0.25) is 0 Å². The second kappa shape index (κ2) is 3.01. The molecule has 0 fully saturated rings. The highest BCUT2D eigenvalue weighted by molar-refractivity contribution is 5.42. The average Bonchev–Trinajstić information content (AvgIpc) is 1.95. The highest BCUT2D eigenvalue weighted by Crippen LogP contribution is 2.03. The predicted molar refractivity (Wildman–Crippen MR) is 42.8 cm³/mol. The van der Waals surface area contributed by atoms with Gasteiger partial charge >= 0.3 is 0 Å². The molecule has 0 amide bonds. The van der Waals surface area contributed by atoms with Crippen molar-refractivity contribution in [2.24, 2.45) is 0 Å². The maximum atomic E-state index is 4.09. The van der Waals surface area contributed by atoms with Crippen LogP contribution in [0.25, 0.3) is 0 Å². The molecule has 2 heteroatoms. The van der Waals surface area contributed by atoms with Crippen LogP contribution in [-0.4, -0.2) is 4.98 Å². The molecule has 1 aromatic rings.